The molecule has 0 aromatic carbocycles. The molecule has 25 heavy (non-hydrogen) atoms. The van der Waals surface area contributed by atoms with Crippen molar-refractivity contribution in [3.63, 3.8) is 0 Å². The Labute approximate surface area is 168 Å². The average Bonchev–Trinajstić information content (AvgIpc) is 3.11. The number of nitrogens with one attached hydrogen (secondary N) is 2. The number of hydrogen-bond acceptors (Lipinski definition) is 5. The van der Waals surface area contributed by atoms with E-state index in [0.29, 0.717) is 6.42 Å². The van der Waals surface area contributed by atoms with Crippen LogP contribution in [0.3, 0.4) is 0 Å². The van der Waals surface area contributed by atoms with Crippen LogP contribution in [0.15, 0.2) is 4.99 Å². The van der Waals surface area contributed by atoms with Crippen molar-refractivity contribution in [2.24, 2.45) is 4.99 Å². The Hall–Kier alpha value is -0.610. The van der Waals surface area contributed by atoms with E-state index in [4.69, 9.17) is 9.47 Å². The first-order valence-corrected chi connectivity index (χ1v) is 9.22. The van der Waals surface area contributed by atoms with Crippen LogP contribution in [-0.2, 0) is 14.3 Å². The van der Waals surface area contributed by atoms with Crippen molar-refractivity contribution in [2.75, 3.05) is 53.0 Å². The summed E-state index contributed by atoms with van der Waals surface area (Å²) in [5.41, 5.74) is 0. The second kappa shape index (κ2) is 13.6. The maximum atomic E-state index is 11.7. The zero-order valence-electron chi connectivity index (χ0n) is 15.3. The molecule has 2 aliphatic rings. The third kappa shape index (κ3) is 9.60. The van der Waals surface area contributed by atoms with Gasteiger partial charge in [-0.3, -0.25) is 14.7 Å². The average molecular weight is 468 g/mol. The standard InChI is InChI=1S/C17H32N4O3.HI/c1-18-17(20-9-10-21-11-13-23-14-12-21)19-8-4-7-16(22)24-15-5-2-3-6-15;/h15H,2-14H2,1H3,(H2,18,19,20);1H. The Morgan fingerprint density at radius 2 is 1.88 bits per heavy atom. The third-order valence-corrected chi connectivity index (χ3v) is 4.50. The van der Waals surface area contributed by atoms with E-state index in [-0.39, 0.29) is 36.0 Å². The van der Waals surface area contributed by atoms with Gasteiger partial charge >= 0.3 is 5.97 Å². The molecular weight excluding hydrogens is 435 g/mol. The Balaban J connectivity index is 0.00000312. The van der Waals surface area contributed by atoms with Crippen molar-refractivity contribution in [1.29, 1.82) is 0 Å². The number of nitrogens with zero attached hydrogens (tertiary/aromatic N) is 2. The highest BCUT2D eigenvalue weighted by Crippen LogP contribution is 2.21. The fraction of sp³-hybridized carbons (Fsp3) is 0.882. The number of aliphatic imine (C=N–C) groups is 1. The van der Waals surface area contributed by atoms with E-state index in [0.717, 1.165) is 71.2 Å². The van der Waals surface area contributed by atoms with Crippen molar-refractivity contribution >= 4 is 35.9 Å². The lowest BCUT2D eigenvalue weighted by atomic mass is 10.3. The smallest absolute Gasteiger partial charge is 0.306 e. The molecule has 0 radical (unpaired) electrons. The predicted octanol–water partition coefficient (Wildman–Crippen LogP) is 1.37. The van der Waals surface area contributed by atoms with Crippen LogP contribution < -0.4 is 10.6 Å². The number of carbonyl (C=O) groups is 1. The number of morpholine rings is 1. The van der Waals surface area contributed by atoms with E-state index < -0.39 is 0 Å². The zero-order chi connectivity index (χ0) is 17.0. The Bertz CT molecular complexity index is 397. The molecule has 146 valence electrons. The Morgan fingerprint density at radius 1 is 1.20 bits per heavy atom. The van der Waals surface area contributed by atoms with E-state index in [1.165, 1.54) is 12.8 Å². The number of carbonyl (C=O) groups excluding carboxylic acids is 1. The van der Waals surface area contributed by atoms with E-state index in [2.05, 4.69) is 20.5 Å². The van der Waals surface area contributed by atoms with Crippen molar-refractivity contribution in [3.05, 3.63) is 0 Å². The molecular formula is C17H33IN4O3. The summed E-state index contributed by atoms with van der Waals surface area (Å²) < 4.78 is 10.8. The van der Waals surface area contributed by atoms with Crippen LogP contribution in [0.2, 0.25) is 0 Å². The van der Waals surface area contributed by atoms with Gasteiger partial charge in [0.25, 0.3) is 0 Å². The van der Waals surface area contributed by atoms with Gasteiger partial charge in [-0.05, 0) is 32.1 Å². The molecule has 7 nitrogen and oxygen atoms in total. The molecule has 0 unspecified atom stereocenters. The maximum Gasteiger partial charge on any atom is 0.306 e. The largest absolute Gasteiger partial charge is 0.462 e. The van der Waals surface area contributed by atoms with Crippen LogP contribution >= 0.6 is 24.0 Å². The molecule has 0 atom stereocenters. The Morgan fingerprint density at radius 3 is 2.56 bits per heavy atom. The summed E-state index contributed by atoms with van der Waals surface area (Å²) in [5.74, 6) is 0.714. The minimum absolute atomic E-state index is 0. The summed E-state index contributed by atoms with van der Waals surface area (Å²) in [6, 6.07) is 0. The molecule has 2 N–H and O–H groups in total. The molecule has 0 aromatic rings. The molecule has 1 aliphatic heterocycles. The third-order valence-electron chi connectivity index (χ3n) is 4.50. The van der Waals surface area contributed by atoms with Crippen LogP contribution in [0.5, 0.6) is 0 Å². The summed E-state index contributed by atoms with van der Waals surface area (Å²) in [6.45, 7) is 6.19. The molecule has 2 rings (SSSR count). The summed E-state index contributed by atoms with van der Waals surface area (Å²) in [7, 11) is 1.76. The molecule has 1 heterocycles. The molecule has 0 spiro atoms. The number of esters is 1. The van der Waals surface area contributed by atoms with Crippen LogP contribution in [0.1, 0.15) is 38.5 Å². The van der Waals surface area contributed by atoms with Gasteiger partial charge in [0.1, 0.15) is 6.10 Å². The van der Waals surface area contributed by atoms with Crippen molar-refractivity contribution in [3.8, 4) is 0 Å². The van der Waals surface area contributed by atoms with Crippen molar-refractivity contribution < 1.29 is 14.3 Å². The van der Waals surface area contributed by atoms with Crippen LogP contribution in [0, 0.1) is 0 Å². The molecule has 2 fully saturated rings. The first-order chi connectivity index (χ1) is 11.8. The quantitative estimate of drug-likeness (QED) is 0.184. The number of halogens is 1. The highest BCUT2D eigenvalue weighted by molar-refractivity contribution is 14.0. The first kappa shape index (κ1) is 22.4. The van der Waals surface area contributed by atoms with E-state index in [9.17, 15) is 4.79 Å². The molecule has 1 saturated carbocycles. The molecule has 1 aliphatic carbocycles. The van der Waals surface area contributed by atoms with Gasteiger partial charge in [0.05, 0.1) is 13.2 Å². The number of ether oxygens (including phenoxy) is 2. The fourth-order valence-electron chi connectivity index (χ4n) is 3.07. The zero-order valence-corrected chi connectivity index (χ0v) is 17.6. The van der Waals surface area contributed by atoms with Gasteiger partial charge < -0.3 is 20.1 Å². The normalized spacial score (nSPS) is 19.3. The van der Waals surface area contributed by atoms with Gasteiger partial charge in [0.2, 0.25) is 0 Å². The van der Waals surface area contributed by atoms with Gasteiger partial charge in [0.15, 0.2) is 5.96 Å². The van der Waals surface area contributed by atoms with Crippen LogP contribution in [0.4, 0.5) is 0 Å². The summed E-state index contributed by atoms with van der Waals surface area (Å²) in [6.07, 6.45) is 5.83. The minimum atomic E-state index is -0.0704. The van der Waals surface area contributed by atoms with E-state index in [1.807, 2.05) is 0 Å². The molecule has 1 saturated heterocycles. The highest BCUT2D eigenvalue weighted by Gasteiger charge is 2.18. The fourth-order valence-corrected chi connectivity index (χ4v) is 3.07. The topological polar surface area (TPSA) is 75.2 Å². The predicted molar refractivity (Wildman–Crippen MR) is 110 cm³/mol. The molecule has 8 heteroatoms. The lowest BCUT2D eigenvalue weighted by Gasteiger charge is -2.26. The van der Waals surface area contributed by atoms with Crippen molar-refractivity contribution in [2.45, 2.75) is 44.6 Å². The summed E-state index contributed by atoms with van der Waals surface area (Å²) in [5, 5.41) is 6.55. The SMILES string of the molecule is CN=C(NCCCC(=O)OC1CCCC1)NCCN1CCOCC1.I. The molecule has 0 aromatic heterocycles. The second-order valence-corrected chi connectivity index (χ2v) is 6.38. The van der Waals surface area contributed by atoms with Gasteiger partial charge in [0, 0.05) is 46.2 Å². The first-order valence-electron chi connectivity index (χ1n) is 9.22. The second-order valence-electron chi connectivity index (χ2n) is 6.38. The van der Waals surface area contributed by atoms with Gasteiger partial charge in [-0.15, -0.1) is 24.0 Å². The van der Waals surface area contributed by atoms with Crippen LogP contribution in [0.25, 0.3) is 0 Å². The Kier molecular flexibility index (Phi) is 12.2. The van der Waals surface area contributed by atoms with Gasteiger partial charge in [-0.1, -0.05) is 0 Å². The lowest BCUT2D eigenvalue weighted by molar-refractivity contribution is -0.148. The minimum Gasteiger partial charge on any atom is -0.462 e. The number of hydrogen-bond donors (Lipinski definition) is 2. The molecule has 0 amide bonds. The maximum absolute atomic E-state index is 11.7. The summed E-state index contributed by atoms with van der Waals surface area (Å²) in [4.78, 5) is 18.3. The summed E-state index contributed by atoms with van der Waals surface area (Å²) >= 11 is 0. The highest BCUT2D eigenvalue weighted by atomic mass is 127. The number of rotatable bonds is 8. The van der Waals surface area contributed by atoms with Gasteiger partial charge in [-0.2, -0.15) is 0 Å². The van der Waals surface area contributed by atoms with Crippen molar-refractivity contribution in [1.82, 2.24) is 15.5 Å². The van der Waals surface area contributed by atoms with E-state index in [1.54, 1.807) is 7.05 Å². The molecule has 0 bridgehead atoms. The lowest BCUT2D eigenvalue weighted by Crippen LogP contribution is -2.44. The number of guanidine groups is 1. The van der Waals surface area contributed by atoms with Crippen LogP contribution in [-0.4, -0.2) is 75.9 Å². The van der Waals surface area contributed by atoms with E-state index >= 15 is 0 Å². The monoisotopic (exact) mass is 468 g/mol. The van der Waals surface area contributed by atoms with Gasteiger partial charge in [-0.25, -0.2) is 0 Å².